The highest BCUT2D eigenvalue weighted by Gasteiger charge is 2.50. The SMILES string of the molecule is CCOc1cc(C2(C(=O)Cl)CC2)ccc1OC. The van der Waals surface area contributed by atoms with Crippen molar-refractivity contribution in [2.24, 2.45) is 0 Å². The van der Waals surface area contributed by atoms with E-state index in [0.29, 0.717) is 18.1 Å². The summed E-state index contributed by atoms with van der Waals surface area (Å²) in [5.74, 6) is 1.34. The fourth-order valence-corrected chi connectivity index (χ4v) is 2.26. The third-order valence-corrected chi connectivity index (χ3v) is 3.50. The number of ether oxygens (including phenoxy) is 2. The van der Waals surface area contributed by atoms with Crippen LogP contribution in [-0.2, 0) is 10.2 Å². The third-order valence-electron chi connectivity index (χ3n) is 3.14. The molecular weight excluding hydrogens is 240 g/mol. The van der Waals surface area contributed by atoms with Crippen molar-refractivity contribution in [3.8, 4) is 11.5 Å². The van der Waals surface area contributed by atoms with Gasteiger partial charge in [-0.1, -0.05) is 6.07 Å². The molecule has 0 aromatic heterocycles. The van der Waals surface area contributed by atoms with Gasteiger partial charge in [0.25, 0.3) is 0 Å². The normalized spacial score (nSPS) is 16.4. The molecule has 3 nitrogen and oxygen atoms in total. The van der Waals surface area contributed by atoms with Gasteiger partial charge in [0, 0.05) is 0 Å². The Bertz CT molecular complexity index is 438. The molecule has 0 amide bonds. The van der Waals surface area contributed by atoms with Crippen LogP contribution < -0.4 is 9.47 Å². The number of carbonyl (C=O) groups excluding carboxylic acids is 1. The Morgan fingerprint density at radius 1 is 1.41 bits per heavy atom. The molecule has 4 heteroatoms. The van der Waals surface area contributed by atoms with E-state index in [1.807, 2.05) is 25.1 Å². The molecule has 0 bridgehead atoms. The first-order valence-corrected chi connectivity index (χ1v) is 6.03. The molecule has 0 radical (unpaired) electrons. The van der Waals surface area contributed by atoms with Gasteiger partial charge < -0.3 is 9.47 Å². The maximum Gasteiger partial charge on any atom is 0.232 e. The van der Waals surface area contributed by atoms with Gasteiger partial charge >= 0.3 is 0 Å². The number of benzene rings is 1. The first-order chi connectivity index (χ1) is 8.14. The van der Waals surface area contributed by atoms with Gasteiger partial charge in [0.1, 0.15) is 0 Å². The van der Waals surface area contributed by atoms with E-state index in [1.165, 1.54) is 0 Å². The second kappa shape index (κ2) is 4.57. The van der Waals surface area contributed by atoms with Crippen LogP contribution in [0, 0.1) is 0 Å². The Kier molecular flexibility index (Phi) is 3.29. The highest BCUT2D eigenvalue weighted by molar-refractivity contribution is 6.66. The summed E-state index contributed by atoms with van der Waals surface area (Å²) in [6.07, 6.45) is 1.63. The molecule has 0 spiro atoms. The molecule has 1 fully saturated rings. The second-order valence-electron chi connectivity index (χ2n) is 4.15. The summed E-state index contributed by atoms with van der Waals surface area (Å²) in [5.41, 5.74) is 0.432. The van der Waals surface area contributed by atoms with Gasteiger partial charge in [0.05, 0.1) is 19.1 Å². The molecule has 2 rings (SSSR count). The van der Waals surface area contributed by atoms with Crippen LogP contribution in [-0.4, -0.2) is 19.0 Å². The largest absolute Gasteiger partial charge is 0.493 e. The van der Waals surface area contributed by atoms with Gasteiger partial charge in [0.15, 0.2) is 11.5 Å². The van der Waals surface area contributed by atoms with E-state index in [4.69, 9.17) is 21.1 Å². The summed E-state index contributed by atoms with van der Waals surface area (Å²) in [7, 11) is 1.59. The van der Waals surface area contributed by atoms with E-state index in [0.717, 1.165) is 18.4 Å². The van der Waals surface area contributed by atoms with Crippen LogP contribution >= 0.6 is 11.6 Å². The maximum absolute atomic E-state index is 11.4. The van der Waals surface area contributed by atoms with Crippen LogP contribution in [0.3, 0.4) is 0 Å². The first-order valence-electron chi connectivity index (χ1n) is 5.65. The fourth-order valence-electron chi connectivity index (χ4n) is 1.97. The van der Waals surface area contributed by atoms with Gasteiger partial charge in [0.2, 0.25) is 5.24 Å². The molecular formula is C13H15ClO3. The summed E-state index contributed by atoms with van der Waals surface area (Å²) in [6, 6.07) is 5.56. The Balaban J connectivity index is 2.37. The van der Waals surface area contributed by atoms with E-state index in [2.05, 4.69) is 0 Å². The van der Waals surface area contributed by atoms with Gasteiger partial charge in [-0.3, -0.25) is 4.79 Å². The number of methoxy groups -OCH3 is 1. The number of hydrogen-bond acceptors (Lipinski definition) is 3. The Morgan fingerprint density at radius 3 is 2.59 bits per heavy atom. The Hall–Kier alpha value is -1.22. The number of hydrogen-bond donors (Lipinski definition) is 0. The van der Waals surface area contributed by atoms with Crippen molar-refractivity contribution in [3.05, 3.63) is 23.8 Å². The number of rotatable bonds is 5. The van der Waals surface area contributed by atoms with Gasteiger partial charge in [-0.25, -0.2) is 0 Å². The summed E-state index contributed by atoms with van der Waals surface area (Å²) in [5, 5.41) is -0.287. The highest BCUT2D eigenvalue weighted by atomic mass is 35.5. The van der Waals surface area contributed by atoms with E-state index in [-0.39, 0.29) is 5.24 Å². The van der Waals surface area contributed by atoms with Crippen LogP contribution in [0.5, 0.6) is 11.5 Å². The number of carbonyl (C=O) groups is 1. The van der Waals surface area contributed by atoms with Crippen molar-refractivity contribution >= 4 is 16.8 Å². The van der Waals surface area contributed by atoms with E-state index >= 15 is 0 Å². The zero-order valence-corrected chi connectivity index (χ0v) is 10.7. The lowest BCUT2D eigenvalue weighted by Crippen LogP contribution is -2.15. The van der Waals surface area contributed by atoms with Crippen molar-refractivity contribution < 1.29 is 14.3 Å². The molecule has 0 aliphatic heterocycles. The standard InChI is InChI=1S/C13H15ClO3/c1-3-17-11-8-9(4-5-10(11)16-2)13(6-7-13)12(14)15/h4-5,8H,3,6-7H2,1-2H3. The van der Waals surface area contributed by atoms with Crippen LogP contribution in [0.15, 0.2) is 18.2 Å². The summed E-state index contributed by atoms with van der Waals surface area (Å²) in [6.45, 7) is 2.47. The Labute approximate surface area is 106 Å². The Morgan fingerprint density at radius 2 is 2.12 bits per heavy atom. The van der Waals surface area contributed by atoms with Crippen LogP contribution in [0.4, 0.5) is 0 Å². The van der Waals surface area contributed by atoms with Crippen LogP contribution in [0.1, 0.15) is 25.3 Å². The lowest BCUT2D eigenvalue weighted by molar-refractivity contribution is -0.113. The minimum absolute atomic E-state index is 0.287. The lowest BCUT2D eigenvalue weighted by Gasteiger charge is -2.14. The third kappa shape index (κ3) is 2.12. The average molecular weight is 255 g/mol. The van der Waals surface area contributed by atoms with Gasteiger partial charge in [-0.2, -0.15) is 0 Å². The molecule has 1 aliphatic rings. The van der Waals surface area contributed by atoms with Crippen molar-refractivity contribution in [3.63, 3.8) is 0 Å². The summed E-state index contributed by atoms with van der Waals surface area (Å²) in [4.78, 5) is 11.4. The molecule has 1 aliphatic carbocycles. The van der Waals surface area contributed by atoms with Crippen LogP contribution in [0.2, 0.25) is 0 Å². The van der Waals surface area contributed by atoms with Gasteiger partial charge in [-0.05, 0) is 49.1 Å². The van der Waals surface area contributed by atoms with E-state index < -0.39 is 5.41 Å². The van der Waals surface area contributed by atoms with Crippen molar-refractivity contribution in [2.75, 3.05) is 13.7 Å². The van der Waals surface area contributed by atoms with E-state index in [9.17, 15) is 4.79 Å². The first kappa shape index (κ1) is 12.2. The molecule has 0 heterocycles. The molecule has 0 unspecified atom stereocenters. The molecule has 1 aromatic rings. The molecule has 1 aromatic carbocycles. The van der Waals surface area contributed by atoms with Crippen molar-refractivity contribution in [1.29, 1.82) is 0 Å². The topological polar surface area (TPSA) is 35.5 Å². The van der Waals surface area contributed by atoms with Gasteiger partial charge in [-0.15, -0.1) is 0 Å². The molecule has 17 heavy (non-hydrogen) atoms. The molecule has 0 N–H and O–H groups in total. The zero-order valence-electron chi connectivity index (χ0n) is 9.96. The van der Waals surface area contributed by atoms with Crippen molar-refractivity contribution in [1.82, 2.24) is 0 Å². The monoisotopic (exact) mass is 254 g/mol. The minimum Gasteiger partial charge on any atom is -0.493 e. The summed E-state index contributed by atoms with van der Waals surface area (Å²) < 4.78 is 10.7. The van der Waals surface area contributed by atoms with Crippen molar-refractivity contribution in [2.45, 2.75) is 25.2 Å². The second-order valence-corrected chi connectivity index (χ2v) is 4.50. The molecule has 0 atom stereocenters. The quantitative estimate of drug-likeness (QED) is 0.758. The minimum atomic E-state index is -0.486. The molecule has 92 valence electrons. The summed E-state index contributed by atoms with van der Waals surface area (Å²) >= 11 is 5.66. The zero-order chi connectivity index (χ0) is 12.5. The average Bonchev–Trinajstić information content (AvgIpc) is 3.10. The highest BCUT2D eigenvalue weighted by Crippen LogP contribution is 2.51. The smallest absolute Gasteiger partial charge is 0.232 e. The fraction of sp³-hybridized carbons (Fsp3) is 0.462. The molecule has 0 saturated heterocycles. The predicted octanol–water partition coefficient (Wildman–Crippen LogP) is 2.89. The lowest BCUT2D eigenvalue weighted by atomic mass is 9.97. The maximum atomic E-state index is 11.4. The van der Waals surface area contributed by atoms with E-state index in [1.54, 1.807) is 7.11 Å². The van der Waals surface area contributed by atoms with Crippen LogP contribution in [0.25, 0.3) is 0 Å². The molecule has 1 saturated carbocycles. The predicted molar refractivity (Wildman–Crippen MR) is 65.9 cm³/mol. The number of halogens is 1.